The Labute approximate surface area is 133 Å². The minimum atomic E-state index is -4.01. The minimum absolute atomic E-state index is 0.0778. The van der Waals surface area contributed by atoms with Crippen molar-refractivity contribution in [1.29, 1.82) is 0 Å². The number of fused-ring (bicyclic) bond motifs is 1. The summed E-state index contributed by atoms with van der Waals surface area (Å²) in [4.78, 5) is 11.8. The van der Waals surface area contributed by atoms with Crippen molar-refractivity contribution < 1.29 is 17.6 Å². The van der Waals surface area contributed by atoms with E-state index in [1.165, 1.54) is 12.1 Å². The van der Waals surface area contributed by atoms with Crippen LogP contribution in [0.5, 0.6) is 0 Å². The van der Waals surface area contributed by atoms with Crippen molar-refractivity contribution in [3.8, 4) is 11.1 Å². The van der Waals surface area contributed by atoms with E-state index in [-0.39, 0.29) is 16.8 Å². The molecule has 0 spiro atoms. The lowest BCUT2D eigenvalue weighted by atomic mass is 10.1. The van der Waals surface area contributed by atoms with Crippen LogP contribution in [0.2, 0.25) is 0 Å². The third-order valence-electron chi connectivity index (χ3n) is 3.84. The Morgan fingerprint density at radius 1 is 1.26 bits per heavy atom. The molecule has 3 N–H and O–H groups in total. The SMILES string of the molecule is CC1CCn2cc(-c3cc(F)cc(S(N)(=O)=O)c3)cc2C(=O)N1. The molecule has 0 fully saturated rings. The van der Waals surface area contributed by atoms with Crippen LogP contribution < -0.4 is 10.5 Å². The summed E-state index contributed by atoms with van der Waals surface area (Å²) in [6, 6.07) is 5.08. The average Bonchev–Trinajstić information content (AvgIpc) is 2.82. The highest BCUT2D eigenvalue weighted by molar-refractivity contribution is 7.89. The standard InChI is InChI=1S/C15H16FN3O3S/c1-9-2-3-19-8-11(6-14(19)15(20)18-9)10-4-12(16)7-13(5-10)23(17,21)22/h4-9H,2-3H2,1H3,(H,18,20)(H2,17,21,22). The van der Waals surface area contributed by atoms with Gasteiger partial charge in [0.15, 0.2) is 0 Å². The molecule has 8 heteroatoms. The molecule has 1 aliphatic rings. The number of nitrogens with two attached hydrogens (primary N) is 1. The van der Waals surface area contributed by atoms with Crippen LogP contribution in [0.15, 0.2) is 35.4 Å². The van der Waals surface area contributed by atoms with Crippen molar-refractivity contribution in [2.75, 3.05) is 0 Å². The highest BCUT2D eigenvalue weighted by Crippen LogP contribution is 2.27. The van der Waals surface area contributed by atoms with Gasteiger partial charge in [0.2, 0.25) is 10.0 Å². The Bertz CT molecular complexity index is 889. The third-order valence-corrected chi connectivity index (χ3v) is 4.74. The number of sulfonamides is 1. The summed E-state index contributed by atoms with van der Waals surface area (Å²) in [6.45, 7) is 2.57. The molecule has 122 valence electrons. The van der Waals surface area contributed by atoms with Gasteiger partial charge in [-0.1, -0.05) is 0 Å². The summed E-state index contributed by atoms with van der Waals surface area (Å²) in [5.41, 5.74) is 1.38. The molecule has 2 aromatic rings. The van der Waals surface area contributed by atoms with Gasteiger partial charge in [-0.25, -0.2) is 17.9 Å². The molecule has 1 unspecified atom stereocenters. The van der Waals surface area contributed by atoms with E-state index >= 15 is 0 Å². The number of rotatable bonds is 2. The van der Waals surface area contributed by atoms with Crippen molar-refractivity contribution in [2.24, 2.45) is 5.14 Å². The predicted octanol–water partition coefficient (Wildman–Crippen LogP) is 1.46. The van der Waals surface area contributed by atoms with Gasteiger partial charge in [0, 0.05) is 24.3 Å². The summed E-state index contributed by atoms with van der Waals surface area (Å²) in [5.74, 6) is -0.907. The van der Waals surface area contributed by atoms with Crippen molar-refractivity contribution in [3.63, 3.8) is 0 Å². The number of aryl methyl sites for hydroxylation is 1. The Hall–Kier alpha value is -2.19. The van der Waals surface area contributed by atoms with E-state index in [4.69, 9.17) is 5.14 Å². The van der Waals surface area contributed by atoms with Gasteiger partial charge in [-0.05, 0) is 43.2 Å². The number of primary sulfonamides is 1. The highest BCUT2D eigenvalue weighted by atomic mass is 32.2. The number of nitrogens with one attached hydrogen (secondary N) is 1. The number of carbonyl (C=O) groups is 1. The zero-order valence-electron chi connectivity index (χ0n) is 12.4. The molecule has 0 bridgehead atoms. The maximum atomic E-state index is 13.7. The predicted molar refractivity (Wildman–Crippen MR) is 82.7 cm³/mol. The number of benzene rings is 1. The topological polar surface area (TPSA) is 94.2 Å². The number of hydrogen-bond donors (Lipinski definition) is 2. The van der Waals surface area contributed by atoms with Gasteiger partial charge in [0.25, 0.3) is 5.91 Å². The van der Waals surface area contributed by atoms with E-state index in [1.807, 2.05) is 6.92 Å². The Morgan fingerprint density at radius 2 is 2.00 bits per heavy atom. The van der Waals surface area contributed by atoms with Gasteiger partial charge in [-0.3, -0.25) is 4.79 Å². The molecule has 0 aliphatic carbocycles. The number of halogens is 1. The average molecular weight is 337 g/mol. The minimum Gasteiger partial charge on any atom is -0.348 e. The van der Waals surface area contributed by atoms with Gasteiger partial charge in [0.1, 0.15) is 11.5 Å². The normalized spacial score (nSPS) is 18.2. The molecule has 0 saturated carbocycles. The van der Waals surface area contributed by atoms with Crippen LogP contribution in [0.25, 0.3) is 11.1 Å². The fraction of sp³-hybridized carbons (Fsp3) is 0.267. The lowest BCUT2D eigenvalue weighted by Gasteiger charge is -2.08. The molecule has 1 aliphatic heterocycles. The lowest BCUT2D eigenvalue weighted by molar-refractivity contribution is 0.0938. The molecule has 2 heterocycles. The van der Waals surface area contributed by atoms with Gasteiger partial charge in [-0.15, -0.1) is 0 Å². The molecule has 1 aromatic heterocycles. The molecule has 0 radical (unpaired) electrons. The summed E-state index contributed by atoms with van der Waals surface area (Å²) in [5, 5.41) is 7.92. The first kappa shape index (κ1) is 15.7. The third kappa shape index (κ3) is 3.13. The van der Waals surface area contributed by atoms with E-state index in [0.29, 0.717) is 23.4 Å². The lowest BCUT2D eigenvalue weighted by Crippen LogP contribution is -2.30. The van der Waals surface area contributed by atoms with Crippen molar-refractivity contribution in [2.45, 2.75) is 30.8 Å². The second kappa shape index (κ2) is 5.47. The summed E-state index contributed by atoms with van der Waals surface area (Å²) < 4.78 is 38.4. The zero-order valence-corrected chi connectivity index (χ0v) is 13.2. The van der Waals surface area contributed by atoms with Gasteiger partial charge < -0.3 is 9.88 Å². The molecular formula is C15H16FN3O3S. The molecule has 0 saturated heterocycles. The van der Waals surface area contributed by atoms with Crippen molar-refractivity contribution >= 4 is 15.9 Å². The fourth-order valence-electron chi connectivity index (χ4n) is 2.64. The Morgan fingerprint density at radius 3 is 2.70 bits per heavy atom. The van der Waals surface area contributed by atoms with Crippen LogP contribution in [0.4, 0.5) is 4.39 Å². The number of hydrogen-bond acceptors (Lipinski definition) is 3. The number of nitrogens with zero attached hydrogens (tertiary/aromatic N) is 1. The van der Waals surface area contributed by atoms with Crippen molar-refractivity contribution in [3.05, 3.63) is 42.0 Å². The molecule has 1 atom stereocenters. The van der Waals surface area contributed by atoms with Crippen LogP contribution in [0, 0.1) is 5.82 Å². The van der Waals surface area contributed by atoms with Gasteiger partial charge >= 0.3 is 0 Å². The van der Waals surface area contributed by atoms with Gasteiger partial charge in [-0.2, -0.15) is 0 Å². The van der Waals surface area contributed by atoms with E-state index in [0.717, 1.165) is 12.5 Å². The van der Waals surface area contributed by atoms with E-state index < -0.39 is 15.8 Å². The zero-order chi connectivity index (χ0) is 16.8. The first-order valence-corrected chi connectivity index (χ1v) is 8.63. The molecular weight excluding hydrogens is 321 g/mol. The fourth-order valence-corrected chi connectivity index (χ4v) is 3.21. The largest absolute Gasteiger partial charge is 0.348 e. The quantitative estimate of drug-likeness (QED) is 0.869. The number of aromatic nitrogens is 1. The van der Waals surface area contributed by atoms with Crippen LogP contribution in [-0.4, -0.2) is 24.9 Å². The number of carbonyl (C=O) groups excluding carboxylic acids is 1. The first-order valence-electron chi connectivity index (χ1n) is 7.09. The van der Waals surface area contributed by atoms with Crippen LogP contribution in [-0.2, 0) is 16.6 Å². The second-order valence-electron chi connectivity index (χ2n) is 5.69. The van der Waals surface area contributed by atoms with E-state index in [9.17, 15) is 17.6 Å². The molecule has 6 nitrogen and oxygen atoms in total. The highest BCUT2D eigenvalue weighted by Gasteiger charge is 2.21. The maximum Gasteiger partial charge on any atom is 0.268 e. The Balaban J connectivity index is 2.08. The van der Waals surface area contributed by atoms with Crippen LogP contribution in [0.3, 0.4) is 0 Å². The van der Waals surface area contributed by atoms with E-state index in [1.54, 1.807) is 16.8 Å². The summed E-state index contributed by atoms with van der Waals surface area (Å²) in [6.07, 6.45) is 2.49. The smallest absolute Gasteiger partial charge is 0.268 e. The molecule has 1 aromatic carbocycles. The van der Waals surface area contributed by atoms with E-state index in [2.05, 4.69) is 5.32 Å². The summed E-state index contributed by atoms with van der Waals surface area (Å²) >= 11 is 0. The molecule has 3 rings (SSSR count). The van der Waals surface area contributed by atoms with Gasteiger partial charge in [0.05, 0.1) is 4.90 Å². The van der Waals surface area contributed by atoms with Crippen LogP contribution in [0.1, 0.15) is 23.8 Å². The van der Waals surface area contributed by atoms with Crippen LogP contribution >= 0.6 is 0 Å². The van der Waals surface area contributed by atoms with Crippen molar-refractivity contribution in [1.82, 2.24) is 9.88 Å². The Kier molecular flexibility index (Phi) is 3.73. The number of amides is 1. The monoisotopic (exact) mass is 337 g/mol. The molecule has 23 heavy (non-hydrogen) atoms. The second-order valence-corrected chi connectivity index (χ2v) is 7.25. The first-order chi connectivity index (χ1) is 10.7. The molecule has 1 amide bonds. The summed E-state index contributed by atoms with van der Waals surface area (Å²) in [7, 11) is -4.01. The maximum absolute atomic E-state index is 13.7.